The van der Waals surface area contributed by atoms with E-state index in [1.54, 1.807) is 39.0 Å². The number of carbonyl (C=O) groups is 1. The molecule has 0 spiro atoms. The van der Waals surface area contributed by atoms with Gasteiger partial charge in [-0.3, -0.25) is 4.79 Å². The van der Waals surface area contributed by atoms with Crippen molar-refractivity contribution in [3.05, 3.63) is 53.1 Å². The Morgan fingerprint density at radius 1 is 1.07 bits per heavy atom. The van der Waals surface area contributed by atoms with Gasteiger partial charge in [-0.15, -0.1) is 0 Å². The average molecular weight is 391 g/mol. The predicted octanol–water partition coefficient (Wildman–Crippen LogP) is 4.01. The molecule has 146 valence electrons. The van der Waals surface area contributed by atoms with Crippen LogP contribution in [0.5, 0.6) is 5.75 Å². The molecule has 0 aliphatic heterocycles. The third-order valence-corrected chi connectivity index (χ3v) is 7.01. The number of hydrogen-bond acceptors (Lipinski definition) is 4. The molecule has 0 fully saturated rings. The second kappa shape index (κ2) is 7.72. The van der Waals surface area contributed by atoms with E-state index in [0.29, 0.717) is 22.4 Å². The number of sulfone groups is 1. The molecule has 0 aliphatic rings. The maximum atomic E-state index is 12.8. The first-order valence-electron chi connectivity index (χ1n) is 8.65. The SMILES string of the molecule is COc1ccc(CC(=O)O)cc1-c1ccc(C)cc1CS(=O)(=O)C(C)(C)C. The van der Waals surface area contributed by atoms with Crippen LogP contribution < -0.4 is 4.74 Å². The lowest BCUT2D eigenvalue weighted by molar-refractivity contribution is -0.136. The van der Waals surface area contributed by atoms with Gasteiger partial charge in [0.15, 0.2) is 9.84 Å². The monoisotopic (exact) mass is 390 g/mol. The molecule has 0 saturated heterocycles. The summed E-state index contributed by atoms with van der Waals surface area (Å²) in [4.78, 5) is 11.1. The number of carboxylic acid groups (broad SMARTS) is 1. The van der Waals surface area contributed by atoms with Crippen LogP contribution in [0.25, 0.3) is 11.1 Å². The first-order chi connectivity index (χ1) is 12.4. The molecule has 2 aromatic rings. The molecule has 0 aromatic heterocycles. The minimum atomic E-state index is -3.38. The zero-order valence-corrected chi connectivity index (χ0v) is 17.2. The van der Waals surface area contributed by atoms with E-state index in [1.807, 2.05) is 25.1 Å². The number of benzene rings is 2. The summed E-state index contributed by atoms with van der Waals surface area (Å²) in [6.45, 7) is 6.97. The predicted molar refractivity (Wildman–Crippen MR) is 107 cm³/mol. The minimum absolute atomic E-state index is 0.0974. The van der Waals surface area contributed by atoms with Gasteiger partial charge >= 0.3 is 5.97 Å². The van der Waals surface area contributed by atoms with Crippen molar-refractivity contribution in [1.29, 1.82) is 0 Å². The van der Waals surface area contributed by atoms with Crippen LogP contribution in [0.2, 0.25) is 0 Å². The number of aliphatic carboxylic acids is 1. The average Bonchev–Trinajstić information content (AvgIpc) is 2.53. The Bertz CT molecular complexity index is 953. The van der Waals surface area contributed by atoms with E-state index in [9.17, 15) is 13.2 Å². The van der Waals surface area contributed by atoms with Crippen molar-refractivity contribution in [3.63, 3.8) is 0 Å². The molecule has 0 amide bonds. The van der Waals surface area contributed by atoms with E-state index >= 15 is 0 Å². The largest absolute Gasteiger partial charge is 0.496 e. The van der Waals surface area contributed by atoms with Crippen molar-refractivity contribution < 1.29 is 23.1 Å². The van der Waals surface area contributed by atoms with Gasteiger partial charge in [0.25, 0.3) is 0 Å². The Labute approximate surface area is 160 Å². The molecular weight excluding hydrogens is 364 g/mol. The number of hydrogen-bond donors (Lipinski definition) is 1. The standard InChI is InChI=1S/C21H26O5S/c1-14-6-8-17(16(10-14)13-27(24,25)21(2,3)4)18-11-15(12-20(22)23)7-9-19(18)26-5/h6-11H,12-13H2,1-5H3,(H,22,23). The number of methoxy groups -OCH3 is 1. The molecule has 2 rings (SSSR count). The van der Waals surface area contributed by atoms with Gasteiger partial charge in [-0.1, -0.05) is 29.8 Å². The number of ether oxygens (including phenoxy) is 1. The zero-order chi connectivity index (χ0) is 20.4. The highest BCUT2D eigenvalue weighted by atomic mass is 32.2. The van der Waals surface area contributed by atoms with Gasteiger partial charge in [0.1, 0.15) is 5.75 Å². The van der Waals surface area contributed by atoms with Crippen molar-refractivity contribution in [2.45, 2.75) is 44.6 Å². The summed E-state index contributed by atoms with van der Waals surface area (Å²) < 4.78 is 30.1. The third kappa shape index (κ3) is 4.89. The first-order valence-corrected chi connectivity index (χ1v) is 10.3. The Hall–Kier alpha value is -2.34. The van der Waals surface area contributed by atoms with Crippen LogP contribution in [0.3, 0.4) is 0 Å². The lowest BCUT2D eigenvalue weighted by atomic mass is 9.95. The van der Waals surface area contributed by atoms with Crippen LogP contribution in [0.15, 0.2) is 36.4 Å². The smallest absolute Gasteiger partial charge is 0.307 e. The Kier molecular flexibility index (Phi) is 6.00. The van der Waals surface area contributed by atoms with Crippen molar-refractivity contribution in [3.8, 4) is 16.9 Å². The summed E-state index contributed by atoms with van der Waals surface area (Å²) in [6.07, 6.45) is -0.113. The minimum Gasteiger partial charge on any atom is -0.496 e. The molecule has 0 atom stereocenters. The molecule has 1 N–H and O–H groups in total. The normalized spacial score (nSPS) is 12.0. The van der Waals surface area contributed by atoms with Crippen molar-refractivity contribution >= 4 is 15.8 Å². The summed E-state index contributed by atoms with van der Waals surface area (Å²) in [5, 5.41) is 9.08. The van der Waals surface area contributed by atoms with E-state index in [0.717, 1.165) is 11.1 Å². The van der Waals surface area contributed by atoms with Crippen LogP contribution in [-0.4, -0.2) is 31.4 Å². The van der Waals surface area contributed by atoms with Crippen molar-refractivity contribution in [1.82, 2.24) is 0 Å². The molecule has 0 unspecified atom stereocenters. The summed E-state index contributed by atoms with van der Waals surface area (Å²) >= 11 is 0. The number of aryl methyl sites for hydroxylation is 1. The molecule has 0 heterocycles. The molecule has 2 aromatic carbocycles. The highest BCUT2D eigenvalue weighted by molar-refractivity contribution is 7.91. The Morgan fingerprint density at radius 2 is 1.74 bits per heavy atom. The van der Waals surface area contributed by atoms with Crippen LogP contribution in [0.1, 0.15) is 37.5 Å². The number of carboxylic acids is 1. The molecule has 6 heteroatoms. The molecular formula is C21H26O5S. The third-order valence-electron chi connectivity index (χ3n) is 4.45. The molecule has 5 nitrogen and oxygen atoms in total. The zero-order valence-electron chi connectivity index (χ0n) is 16.4. The maximum Gasteiger partial charge on any atom is 0.307 e. The van der Waals surface area contributed by atoms with Gasteiger partial charge in [-0.05, 0) is 56.5 Å². The highest BCUT2D eigenvalue weighted by Gasteiger charge is 2.30. The molecule has 0 radical (unpaired) electrons. The van der Waals surface area contributed by atoms with Crippen LogP contribution in [0.4, 0.5) is 0 Å². The highest BCUT2D eigenvalue weighted by Crippen LogP contribution is 2.36. The van der Waals surface area contributed by atoms with E-state index in [4.69, 9.17) is 9.84 Å². The summed E-state index contributed by atoms with van der Waals surface area (Å²) in [5.74, 6) is -0.451. The van der Waals surface area contributed by atoms with Gasteiger partial charge in [0.05, 0.1) is 24.0 Å². The fraction of sp³-hybridized carbons (Fsp3) is 0.381. The molecule has 27 heavy (non-hydrogen) atoms. The van der Waals surface area contributed by atoms with E-state index in [2.05, 4.69) is 0 Å². The summed E-state index contributed by atoms with van der Waals surface area (Å²) in [5.41, 5.74) is 3.69. The summed E-state index contributed by atoms with van der Waals surface area (Å²) in [7, 11) is -1.84. The first kappa shape index (κ1) is 21.0. The molecule has 0 aliphatic carbocycles. The number of rotatable bonds is 6. The lowest BCUT2D eigenvalue weighted by Gasteiger charge is -2.21. The fourth-order valence-electron chi connectivity index (χ4n) is 2.78. The van der Waals surface area contributed by atoms with Gasteiger partial charge in [0, 0.05) is 5.56 Å². The van der Waals surface area contributed by atoms with Gasteiger partial charge in [0.2, 0.25) is 0 Å². The van der Waals surface area contributed by atoms with E-state index in [1.165, 1.54) is 7.11 Å². The topological polar surface area (TPSA) is 80.7 Å². The molecule has 0 bridgehead atoms. The van der Waals surface area contributed by atoms with Crippen molar-refractivity contribution in [2.75, 3.05) is 7.11 Å². The van der Waals surface area contributed by atoms with Crippen LogP contribution >= 0.6 is 0 Å². The quantitative estimate of drug-likeness (QED) is 0.806. The maximum absolute atomic E-state index is 12.8. The van der Waals surface area contributed by atoms with E-state index in [-0.39, 0.29) is 12.2 Å². The van der Waals surface area contributed by atoms with E-state index < -0.39 is 20.6 Å². The Morgan fingerprint density at radius 3 is 2.30 bits per heavy atom. The van der Waals surface area contributed by atoms with Crippen LogP contribution in [-0.2, 0) is 26.8 Å². The Balaban J connectivity index is 2.64. The molecule has 0 saturated carbocycles. The second-order valence-corrected chi connectivity index (χ2v) is 10.4. The van der Waals surface area contributed by atoms with Gasteiger partial charge < -0.3 is 9.84 Å². The second-order valence-electron chi connectivity index (χ2n) is 7.64. The van der Waals surface area contributed by atoms with Gasteiger partial charge in [-0.2, -0.15) is 0 Å². The fourth-order valence-corrected chi connectivity index (χ4v) is 3.86. The lowest BCUT2D eigenvalue weighted by Crippen LogP contribution is -2.29. The van der Waals surface area contributed by atoms with Crippen LogP contribution in [0, 0.1) is 6.92 Å². The van der Waals surface area contributed by atoms with Gasteiger partial charge in [-0.25, -0.2) is 8.42 Å². The summed E-state index contributed by atoms with van der Waals surface area (Å²) in [6, 6.07) is 10.8. The van der Waals surface area contributed by atoms with Crippen molar-refractivity contribution in [2.24, 2.45) is 0 Å².